The first kappa shape index (κ1) is 17.8. The van der Waals surface area contributed by atoms with E-state index >= 15 is 0 Å². The maximum atomic E-state index is 5.65. The Morgan fingerprint density at radius 3 is 2.85 bits per heavy atom. The third-order valence-corrected chi connectivity index (χ3v) is 5.45. The van der Waals surface area contributed by atoms with Crippen LogP contribution in [0, 0.1) is 6.92 Å². The number of hydrogen-bond donors (Lipinski definition) is 2. The molecule has 0 bridgehead atoms. The molecular weight excluding hydrogens is 356 g/mol. The summed E-state index contributed by atoms with van der Waals surface area (Å²) in [4.78, 5) is 10.6. The van der Waals surface area contributed by atoms with E-state index in [1.807, 2.05) is 24.3 Å². The molecule has 1 aliphatic rings. The van der Waals surface area contributed by atoms with Crippen molar-refractivity contribution in [1.29, 1.82) is 0 Å². The van der Waals surface area contributed by atoms with E-state index in [0.29, 0.717) is 5.92 Å². The van der Waals surface area contributed by atoms with E-state index in [2.05, 4.69) is 40.3 Å². The number of hydrogen-bond acceptors (Lipinski definition) is 3. The summed E-state index contributed by atoms with van der Waals surface area (Å²) >= 11 is 5.65. The molecular formula is C21H24N4OS. The van der Waals surface area contributed by atoms with E-state index in [4.69, 9.17) is 21.9 Å². The van der Waals surface area contributed by atoms with Crippen molar-refractivity contribution in [1.82, 2.24) is 14.9 Å². The van der Waals surface area contributed by atoms with Crippen LogP contribution in [0.4, 0.5) is 5.69 Å². The Hall–Kier alpha value is -2.60. The monoisotopic (exact) mass is 380 g/mol. The molecule has 0 saturated carbocycles. The number of nitrogens with zero attached hydrogens (tertiary/aromatic N) is 2. The van der Waals surface area contributed by atoms with Crippen LogP contribution in [0.25, 0.3) is 11.0 Å². The van der Waals surface area contributed by atoms with E-state index in [-0.39, 0.29) is 0 Å². The van der Waals surface area contributed by atoms with Gasteiger partial charge in [0.25, 0.3) is 0 Å². The Labute approximate surface area is 164 Å². The van der Waals surface area contributed by atoms with Crippen LogP contribution in [0.3, 0.4) is 0 Å². The Bertz CT molecular complexity index is 950. The highest BCUT2D eigenvalue weighted by atomic mass is 32.1. The lowest BCUT2D eigenvalue weighted by molar-refractivity contribution is 0.307. The summed E-state index contributed by atoms with van der Waals surface area (Å²) in [5.41, 5.74) is 4.36. The van der Waals surface area contributed by atoms with Crippen LogP contribution < -0.4 is 10.1 Å². The summed E-state index contributed by atoms with van der Waals surface area (Å²) in [7, 11) is 1.67. The maximum absolute atomic E-state index is 5.65. The summed E-state index contributed by atoms with van der Waals surface area (Å²) in [5.74, 6) is 2.26. The number of ether oxygens (including phenoxy) is 1. The molecule has 3 aromatic rings. The van der Waals surface area contributed by atoms with Gasteiger partial charge in [0.05, 0.1) is 18.1 Å². The molecule has 5 nitrogen and oxygen atoms in total. The number of rotatable bonds is 3. The average molecular weight is 381 g/mol. The van der Waals surface area contributed by atoms with Gasteiger partial charge in [0.2, 0.25) is 0 Å². The fraction of sp³-hybridized carbons (Fsp3) is 0.333. The molecule has 140 valence electrons. The minimum atomic E-state index is 0.363. The predicted molar refractivity (Wildman–Crippen MR) is 114 cm³/mol. The van der Waals surface area contributed by atoms with Crippen molar-refractivity contribution in [2.75, 3.05) is 25.5 Å². The van der Waals surface area contributed by atoms with Crippen molar-refractivity contribution in [2.45, 2.75) is 25.7 Å². The number of aromatic amines is 1. The normalized spacial score (nSPS) is 17.1. The van der Waals surface area contributed by atoms with Gasteiger partial charge < -0.3 is 19.9 Å². The van der Waals surface area contributed by atoms with E-state index in [9.17, 15) is 0 Å². The molecule has 2 aromatic carbocycles. The fourth-order valence-electron chi connectivity index (χ4n) is 3.60. The lowest BCUT2D eigenvalue weighted by Crippen LogP contribution is -2.41. The molecule has 1 saturated heterocycles. The smallest absolute Gasteiger partial charge is 0.173 e. The number of thiocarbonyl (C=S) groups is 1. The van der Waals surface area contributed by atoms with Gasteiger partial charge in [-0.15, -0.1) is 0 Å². The number of nitrogens with one attached hydrogen (secondary N) is 2. The van der Waals surface area contributed by atoms with Crippen LogP contribution in [0.15, 0.2) is 42.5 Å². The highest BCUT2D eigenvalue weighted by Crippen LogP contribution is 2.27. The van der Waals surface area contributed by atoms with Gasteiger partial charge in [0, 0.05) is 24.7 Å². The lowest BCUT2D eigenvalue weighted by Gasteiger charge is -2.33. The van der Waals surface area contributed by atoms with Gasteiger partial charge in [-0.3, -0.25) is 0 Å². The Morgan fingerprint density at radius 2 is 2.07 bits per heavy atom. The van der Waals surface area contributed by atoms with Crippen LogP contribution in [0.2, 0.25) is 0 Å². The molecule has 0 spiro atoms. The second kappa shape index (κ2) is 7.56. The lowest BCUT2D eigenvalue weighted by atomic mass is 9.98. The molecule has 0 amide bonds. The molecule has 1 fully saturated rings. The molecule has 27 heavy (non-hydrogen) atoms. The SMILES string of the molecule is COc1ccc(NC(=S)N2CCC[C@@H](c3nc4ccc(C)cc4[nH]3)C2)cc1. The zero-order chi connectivity index (χ0) is 18.8. The quantitative estimate of drug-likeness (QED) is 0.657. The fourth-order valence-corrected chi connectivity index (χ4v) is 3.88. The number of H-pyrrole nitrogens is 1. The topological polar surface area (TPSA) is 53.2 Å². The third kappa shape index (κ3) is 3.90. The van der Waals surface area contributed by atoms with Gasteiger partial charge in [0.1, 0.15) is 11.6 Å². The molecule has 0 unspecified atom stereocenters. The number of benzene rings is 2. The minimum absolute atomic E-state index is 0.363. The van der Waals surface area contributed by atoms with Crippen LogP contribution in [-0.4, -0.2) is 40.2 Å². The van der Waals surface area contributed by atoms with E-state index in [1.54, 1.807) is 7.11 Å². The average Bonchev–Trinajstić information content (AvgIpc) is 3.12. The van der Waals surface area contributed by atoms with Crippen molar-refractivity contribution in [3.8, 4) is 5.75 Å². The standard InChI is InChI=1S/C21H24N4OS/c1-14-5-10-18-19(12-14)24-20(23-18)15-4-3-11-25(13-15)21(27)22-16-6-8-17(26-2)9-7-16/h5-10,12,15H,3-4,11,13H2,1-2H3,(H,22,27)(H,23,24)/t15-/m1/s1. The molecule has 1 aromatic heterocycles. The molecule has 2 N–H and O–H groups in total. The molecule has 0 radical (unpaired) electrons. The number of piperidine rings is 1. The largest absolute Gasteiger partial charge is 0.497 e. The van der Waals surface area contributed by atoms with Gasteiger partial charge in [-0.05, 0) is 73.9 Å². The van der Waals surface area contributed by atoms with Crippen LogP contribution >= 0.6 is 12.2 Å². The predicted octanol–water partition coefficient (Wildman–Crippen LogP) is 4.46. The summed E-state index contributed by atoms with van der Waals surface area (Å²) < 4.78 is 5.20. The zero-order valence-corrected chi connectivity index (χ0v) is 16.5. The highest BCUT2D eigenvalue weighted by Gasteiger charge is 2.25. The number of aromatic nitrogens is 2. The van der Waals surface area contributed by atoms with Crippen molar-refractivity contribution < 1.29 is 4.74 Å². The second-order valence-corrected chi connectivity index (χ2v) is 7.47. The molecule has 4 rings (SSSR count). The molecule has 6 heteroatoms. The Balaban J connectivity index is 1.45. The summed E-state index contributed by atoms with van der Waals surface area (Å²) in [6.45, 7) is 3.95. The Kier molecular flexibility index (Phi) is 4.99. The molecule has 0 aliphatic carbocycles. The van der Waals surface area contributed by atoms with Crippen LogP contribution in [0.1, 0.15) is 30.1 Å². The molecule has 2 heterocycles. The number of anilines is 1. The first-order valence-electron chi connectivity index (χ1n) is 9.28. The third-order valence-electron chi connectivity index (χ3n) is 5.09. The van der Waals surface area contributed by atoms with Gasteiger partial charge in [-0.25, -0.2) is 4.98 Å². The number of imidazole rings is 1. The first-order valence-corrected chi connectivity index (χ1v) is 9.69. The van der Waals surface area contributed by atoms with Crippen molar-refractivity contribution in [3.63, 3.8) is 0 Å². The number of fused-ring (bicyclic) bond motifs is 1. The van der Waals surface area contributed by atoms with E-state index < -0.39 is 0 Å². The first-order chi connectivity index (χ1) is 13.1. The van der Waals surface area contributed by atoms with Gasteiger partial charge in [-0.1, -0.05) is 6.07 Å². The van der Waals surface area contributed by atoms with Gasteiger partial charge >= 0.3 is 0 Å². The molecule has 1 aliphatic heterocycles. The van der Waals surface area contributed by atoms with Crippen LogP contribution in [0.5, 0.6) is 5.75 Å². The van der Waals surface area contributed by atoms with E-state index in [1.165, 1.54) is 5.56 Å². The summed E-state index contributed by atoms with van der Waals surface area (Å²) in [5, 5.41) is 4.10. The maximum Gasteiger partial charge on any atom is 0.173 e. The number of methoxy groups -OCH3 is 1. The summed E-state index contributed by atoms with van der Waals surface area (Å²) in [6, 6.07) is 14.2. The zero-order valence-electron chi connectivity index (χ0n) is 15.7. The van der Waals surface area contributed by atoms with Crippen molar-refractivity contribution in [2.24, 2.45) is 0 Å². The highest BCUT2D eigenvalue weighted by molar-refractivity contribution is 7.80. The Morgan fingerprint density at radius 1 is 1.26 bits per heavy atom. The molecule has 1 atom stereocenters. The van der Waals surface area contributed by atoms with Crippen molar-refractivity contribution in [3.05, 3.63) is 53.9 Å². The second-order valence-electron chi connectivity index (χ2n) is 7.09. The van der Waals surface area contributed by atoms with Gasteiger partial charge in [0.15, 0.2) is 5.11 Å². The van der Waals surface area contributed by atoms with E-state index in [0.717, 1.165) is 59.3 Å². The van der Waals surface area contributed by atoms with Crippen molar-refractivity contribution >= 4 is 34.1 Å². The summed E-state index contributed by atoms with van der Waals surface area (Å²) in [6.07, 6.45) is 2.23. The number of aryl methyl sites for hydroxylation is 1. The van der Waals surface area contributed by atoms with Gasteiger partial charge in [-0.2, -0.15) is 0 Å². The van der Waals surface area contributed by atoms with Crippen LogP contribution in [-0.2, 0) is 0 Å². The minimum Gasteiger partial charge on any atom is -0.497 e. The number of likely N-dealkylation sites (tertiary alicyclic amines) is 1.